The lowest BCUT2D eigenvalue weighted by Gasteiger charge is -2.14. The van der Waals surface area contributed by atoms with E-state index in [4.69, 9.17) is 16.7 Å². The van der Waals surface area contributed by atoms with Crippen LogP contribution in [0.4, 0.5) is 0 Å². The number of benzene rings is 1. The van der Waals surface area contributed by atoms with Crippen molar-refractivity contribution in [3.05, 3.63) is 32.4 Å². The monoisotopic (exact) mass is 381 g/mol. The van der Waals surface area contributed by atoms with Gasteiger partial charge in [0.05, 0.1) is 10.6 Å². The van der Waals surface area contributed by atoms with Gasteiger partial charge >= 0.3 is 5.97 Å². The van der Waals surface area contributed by atoms with E-state index in [1.54, 1.807) is 18.2 Å². The summed E-state index contributed by atoms with van der Waals surface area (Å²) in [6.07, 6.45) is 1.07. The van der Waals surface area contributed by atoms with Crippen molar-refractivity contribution in [3.63, 3.8) is 0 Å². The van der Waals surface area contributed by atoms with Crippen LogP contribution in [0.5, 0.6) is 0 Å². The van der Waals surface area contributed by atoms with E-state index in [0.717, 1.165) is 3.57 Å². The predicted molar refractivity (Wildman–Crippen MR) is 78.0 cm³/mol. The van der Waals surface area contributed by atoms with E-state index in [1.165, 1.54) is 0 Å². The topological polar surface area (TPSA) is 66.4 Å². The summed E-state index contributed by atoms with van der Waals surface area (Å²) in [6, 6.07) is 4.12. The molecule has 1 atom stereocenters. The lowest BCUT2D eigenvalue weighted by Crippen LogP contribution is -2.40. The molecule has 0 heterocycles. The van der Waals surface area contributed by atoms with Gasteiger partial charge in [0.15, 0.2) is 0 Å². The van der Waals surface area contributed by atoms with Crippen LogP contribution in [0.2, 0.25) is 5.02 Å². The molecular formula is C12H13ClINO3. The first-order valence-corrected chi connectivity index (χ1v) is 6.90. The third-order valence-corrected chi connectivity index (χ3v) is 3.34. The Morgan fingerprint density at radius 3 is 2.67 bits per heavy atom. The molecule has 1 amide bonds. The molecule has 0 radical (unpaired) electrons. The molecule has 0 spiro atoms. The van der Waals surface area contributed by atoms with E-state index < -0.39 is 17.9 Å². The van der Waals surface area contributed by atoms with Crippen molar-refractivity contribution in [2.24, 2.45) is 0 Å². The van der Waals surface area contributed by atoms with Gasteiger partial charge in [0.1, 0.15) is 6.04 Å². The van der Waals surface area contributed by atoms with Gasteiger partial charge in [-0.15, -0.1) is 0 Å². The Bertz CT molecular complexity index is 465. The van der Waals surface area contributed by atoms with Gasteiger partial charge < -0.3 is 10.4 Å². The van der Waals surface area contributed by atoms with Crippen LogP contribution < -0.4 is 5.32 Å². The maximum atomic E-state index is 11.9. The van der Waals surface area contributed by atoms with E-state index in [9.17, 15) is 9.59 Å². The van der Waals surface area contributed by atoms with Crippen LogP contribution in [-0.2, 0) is 4.79 Å². The van der Waals surface area contributed by atoms with Crippen molar-refractivity contribution in [2.75, 3.05) is 0 Å². The van der Waals surface area contributed by atoms with Crippen LogP contribution in [0.15, 0.2) is 18.2 Å². The number of rotatable bonds is 5. The molecule has 1 aromatic carbocycles. The third kappa shape index (κ3) is 4.13. The minimum Gasteiger partial charge on any atom is -0.480 e. The zero-order valence-corrected chi connectivity index (χ0v) is 12.7. The molecular weight excluding hydrogens is 368 g/mol. The highest BCUT2D eigenvalue weighted by molar-refractivity contribution is 14.1. The van der Waals surface area contributed by atoms with Gasteiger partial charge in [-0.25, -0.2) is 4.79 Å². The number of carbonyl (C=O) groups is 2. The quantitative estimate of drug-likeness (QED) is 0.771. The molecule has 1 rings (SSSR count). The summed E-state index contributed by atoms with van der Waals surface area (Å²) in [5, 5.41) is 11.8. The maximum absolute atomic E-state index is 11.9. The molecule has 2 N–H and O–H groups in total. The fourth-order valence-electron chi connectivity index (χ4n) is 1.46. The summed E-state index contributed by atoms with van der Waals surface area (Å²) in [7, 11) is 0. The molecule has 0 bridgehead atoms. The second kappa shape index (κ2) is 6.94. The fraction of sp³-hybridized carbons (Fsp3) is 0.333. The van der Waals surface area contributed by atoms with E-state index >= 15 is 0 Å². The number of aliphatic carboxylic acids is 1. The van der Waals surface area contributed by atoms with Crippen molar-refractivity contribution in [2.45, 2.75) is 25.8 Å². The standard InChI is InChI=1S/C12H13ClINO3/c1-2-3-10(12(17)18)15-11(16)8-5-4-7(14)6-9(8)13/h4-6,10H,2-3H2,1H3,(H,15,16)(H,17,18). The summed E-state index contributed by atoms with van der Waals surface area (Å²) < 4.78 is 0.914. The van der Waals surface area contributed by atoms with Crippen LogP contribution in [0.1, 0.15) is 30.1 Å². The molecule has 0 aromatic heterocycles. The Hall–Kier alpha value is -0.820. The van der Waals surface area contributed by atoms with E-state index in [0.29, 0.717) is 23.4 Å². The predicted octanol–water partition coefficient (Wildman–Crippen LogP) is 2.93. The Labute approximate surface area is 124 Å². The van der Waals surface area contributed by atoms with Crippen molar-refractivity contribution in [1.82, 2.24) is 5.32 Å². The first-order chi connectivity index (χ1) is 8.45. The van der Waals surface area contributed by atoms with Gasteiger partial charge in [-0.05, 0) is 47.2 Å². The largest absolute Gasteiger partial charge is 0.480 e. The van der Waals surface area contributed by atoms with Crippen molar-refractivity contribution in [3.8, 4) is 0 Å². The molecule has 0 aliphatic carbocycles. The molecule has 0 aliphatic rings. The van der Waals surface area contributed by atoms with Crippen LogP contribution in [0.25, 0.3) is 0 Å². The minimum absolute atomic E-state index is 0.291. The average molecular weight is 382 g/mol. The number of amides is 1. The molecule has 1 aromatic rings. The molecule has 0 aliphatic heterocycles. The SMILES string of the molecule is CCCC(NC(=O)c1ccc(I)cc1Cl)C(=O)O. The number of hydrogen-bond donors (Lipinski definition) is 2. The molecule has 0 fully saturated rings. The maximum Gasteiger partial charge on any atom is 0.326 e. The fourth-order valence-corrected chi connectivity index (χ4v) is 2.40. The van der Waals surface area contributed by atoms with E-state index in [2.05, 4.69) is 27.9 Å². The zero-order chi connectivity index (χ0) is 13.7. The van der Waals surface area contributed by atoms with Crippen LogP contribution in [-0.4, -0.2) is 23.0 Å². The van der Waals surface area contributed by atoms with Crippen LogP contribution in [0.3, 0.4) is 0 Å². The molecule has 4 nitrogen and oxygen atoms in total. The summed E-state index contributed by atoms with van der Waals surface area (Å²) in [4.78, 5) is 22.9. The van der Waals surface area contributed by atoms with E-state index in [1.807, 2.05) is 6.92 Å². The van der Waals surface area contributed by atoms with E-state index in [-0.39, 0.29) is 0 Å². The smallest absolute Gasteiger partial charge is 0.326 e. The average Bonchev–Trinajstić information content (AvgIpc) is 2.27. The minimum atomic E-state index is -1.04. The number of carboxylic acid groups (broad SMARTS) is 1. The normalized spacial score (nSPS) is 11.9. The molecule has 6 heteroatoms. The first-order valence-electron chi connectivity index (χ1n) is 5.44. The van der Waals surface area contributed by atoms with Crippen molar-refractivity contribution >= 4 is 46.1 Å². The summed E-state index contributed by atoms with van der Waals surface area (Å²) in [6.45, 7) is 1.86. The first kappa shape index (κ1) is 15.2. The van der Waals surface area contributed by atoms with Gasteiger partial charge in [-0.3, -0.25) is 4.79 Å². The Kier molecular flexibility index (Phi) is 5.87. The molecule has 0 saturated heterocycles. The third-order valence-electron chi connectivity index (χ3n) is 2.36. The Morgan fingerprint density at radius 2 is 2.17 bits per heavy atom. The van der Waals surface area contributed by atoms with Crippen LogP contribution in [0, 0.1) is 3.57 Å². The second-order valence-electron chi connectivity index (χ2n) is 3.78. The van der Waals surface area contributed by atoms with Crippen molar-refractivity contribution in [1.29, 1.82) is 0 Å². The highest BCUT2D eigenvalue weighted by Crippen LogP contribution is 2.19. The number of nitrogens with one attached hydrogen (secondary N) is 1. The number of hydrogen-bond acceptors (Lipinski definition) is 2. The zero-order valence-electron chi connectivity index (χ0n) is 9.74. The second-order valence-corrected chi connectivity index (χ2v) is 5.43. The van der Waals surface area contributed by atoms with Gasteiger partial charge in [0, 0.05) is 3.57 Å². The Morgan fingerprint density at radius 1 is 1.50 bits per heavy atom. The molecule has 1 unspecified atom stereocenters. The molecule has 18 heavy (non-hydrogen) atoms. The summed E-state index contributed by atoms with van der Waals surface area (Å²) in [5.41, 5.74) is 0.291. The van der Waals surface area contributed by atoms with Gasteiger partial charge in [0.2, 0.25) is 0 Å². The highest BCUT2D eigenvalue weighted by Gasteiger charge is 2.20. The summed E-state index contributed by atoms with van der Waals surface area (Å²) >= 11 is 8.04. The van der Waals surface area contributed by atoms with Gasteiger partial charge in [-0.1, -0.05) is 24.9 Å². The lowest BCUT2D eigenvalue weighted by atomic mass is 10.1. The number of halogens is 2. The summed E-state index contributed by atoms with van der Waals surface area (Å²) in [5.74, 6) is -1.50. The van der Waals surface area contributed by atoms with Gasteiger partial charge in [0.25, 0.3) is 5.91 Å². The van der Waals surface area contributed by atoms with Crippen molar-refractivity contribution < 1.29 is 14.7 Å². The lowest BCUT2D eigenvalue weighted by molar-refractivity contribution is -0.139. The Balaban J connectivity index is 2.83. The highest BCUT2D eigenvalue weighted by atomic mass is 127. The molecule has 98 valence electrons. The van der Waals surface area contributed by atoms with Crippen LogP contribution >= 0.6 is 34.2 Å². The van der Waals surface area contributed by atoms with Gasteiger partial charge in [-0.2, -0.15) is 0 Å². The molecule has 0 saturated carbocycles. The number of carboxylic acids is 1. The number of carbonyl (C=O) groups excluding carboxylic acids is 1.